The molecule has 2 atom stereocenters. The van der Waals surface area contributed by atoms with Crippen molar-refractivity contribution in [1.82, 2.24) is 5.32 Å². The first-order chi connectivity index (χ1) is 9.41. The molecule has 0 saturated carbocycles. The molecule has 2 rings (SSSR count). The molecule has 1 N–H and O–H groups in total. The molecule has 1 saturated heterocycles. The summed E-state index contributed by atoms with van der Waals surface area (Å²) >= 11 is 0. The summed E-state index contributed by atoms with van der Waals surface area (Å²) < 4.78 is 5.40. The standard InChI is InChI=1S/C17H25NO2/c1-17(2,3)13-7-5-12(6-8-13)9-16(19)14-10-20-11-15(14)18-4/h5-8,14-15,18H,9-11H2,1-4H3. The van der Waals surface area contributed by atoms with Crippen LogP contribution in [0.2, 0.25) is 0 Å². The molecule has 0 aromatic heterocycles. The zero-order chi connectivity index (χ0) is 14.8. The number of ether oxygens (including phenoxy) is 1. The van der Waals surface area contributed by atoms with Crippen molar-refractivity contribution >= 4 is 5.78 Å². The second-order valence-electron chi connectivity index (χ2n) is 6.63. The molecule has 1 aliphatic rings. The van der Waals surface area contributed by atoms with E-state index in [-0.39, 0.29) is 23.2 Å². The van der Waals surface area contributed by atoms with Gasteiger partial charge in [0.25, 0.3) is 0 Å². The number of Topliss-reactive ketones (excluding diaryl/α,β-unsaturated/α-hetero) is 1. The van der Waals surface area contributed by atoms with Crippen LogP contribution in [0, 0.1) is 5.92 Å². The van der Waals surface area contributed by atoms with E-state index in [4.69, 9.17) is 4.74 Å². The maximum absolute atomic E-state index is 12.3. The topological polar surface area (TPSA) is 38.3 Å². The second kappa shape index (κ2) is 6.06. The zero-order valence-electron chi connectivity index (χ0n) is 12.9. The van der Waals surface area contributed by atoms with E-state index in [1.54, 1.807) is 0 Å². The molecule has 3 nitrogen and oxygen atoms in total. The SMILES string of the molecule is CNC1COCC1C(=O)Cc1ccc(C(C)(C)C)cc1. The number of carbonyl (C=O) groups excluding carboxylic acids is 1. The highest BCUT2D eigenvalue weighted by atomic mass is 16.5. The first-order valence-electron chi connectivity index (χ1n) is 7.29. The van der Waals surface area contributed by atoms with Crippen LogP contribution in [0.1, 0.15) is 31.9 Å². The number of benzene rings is 1. The lowest BCUT2D eigenvalue weighted by molar-refractivity contribution is -0.122. The predicted molar refractivity (Wildman–Crippen MR) is 81.0 cm³/mol. The van der Waals surface area contributed by atoms with E-state index in [0.717, 1.165) is 5.56 Å². The highest BCUT2D eigenvalue weighted by molar-refractivity contribution is 5.84. The van der Waals surface area contributed by atoms with Crippen LogP contribution in [0.25, 0.3) is 0 Å². The Morgan fingerprint density at radius 1 is 1.25 bits per heavy atom. The van der Waals surface area contributed by atoms with Gasteiger partial charge in [0.1, 0.15) is 5.78 Å². The second-order valence-corrected chi connectivity index (χ2v) is 6.63. The summed E-state index contributed by atoms with van der Waals surface area (Å²) in [5.74, 6) is 0.257. The summed E-state index contributed by atoms with van der Waals surface area (Å²) in [6, 6.07) is 8.56. The Labute approximate surface area is 121 Å². The Bertz CT molecular complexity index is 459. The van der Waals surface area contributed by atoms with Gasteiger partial charge in [-0.1, -0.05) is 45.0 Å². The highest BCUT2D eigenvalue weighted by Crippen LogP contribution is 2.23. The molecule has 20 heavy (non-hydrogen) atoms. The van der Waals surface area contributed by atoms with Gasteiger partial charge in [-0.2, -0.15) is 0 Å². The van der Waals surface area contributed by atoms with Crippen molar-refractivity contribution in [2.24, 2.45) is 5.92 Å². The predicted octanol–water partition coefficient (Wildman–Crippen LogP) is 2.33. The van der Waals surface area contributed by atoms with Crippen molar-refractivity contribution in [2.75, 3.05) is 20.3 Å². The normalized spacial score (nSPS) is 23.0. The lowest BCUT2D eigenvalue weighted by atomic mass is 9.86. The van der Waals surface area contributed by atoms with Gasteiger partial charge in [0, 0.05) is 12.5 Å². The third-order valence-electron chi connectivity index (χ3n) is 4.06. The third kappa shape index (κ3) is 3.47. The number of rotatable bonds is 4. The van der Waals surface area contributed by atoms with Gasteiger partial charge in [-0.05, 0) is 23.6 Å². The first-order valence-corrected chi connectivity index (χ1v) is 7.29. The molecule has 0 radical (unpaired) electrons. The van der Waals surface area contributed by atoms with Gasteiger partial charge in [-0.15, -0.1) is 0 Å². The Balaban J connectivity index is 2.01. The van der Waals surface area contributed by atoms with E-state index >= 15 is 0 Å². The maximum Gasteiger partial charge on any atom is 0.144 e. The number of carbonyl (C=O) groups is 1. The number of ketones is 1. The molecule has 2 unspecified atom stereocenters. The Kier molecular flexibility index (Phi) is 4.61. The average molecular weight is 275 g/mol. The molecule has 0 spiro atoms. The molecule has 1 aromatic rings. The van der Waals surface area contributed by atoms with Crippen LogP contribution < -0.4 is 5.32 Å². The van der Waals surface area contributed by atoms with E-state index in [2.05, 4.69) is 50.4 Å². The molecule has 110 valence electrons. The molecule has 1 aromatic carbocycles. The number of hydrogen-bond donors (Lipinski definition) is 1. The van der Waals surface area contributed by atoms with E-state index in [0.29, 0.717) is 19.6 Å². The van der Waals surface area contributed by atoms with Crippen LogP contribution in [0.15, 0.2) is 24.3 Å². The fraction of sp³-hybridized carbons (Fsp3) is 0.588. The first kappa shape index (κ1) is 15.2. The van der Waals surface area contributed by atoms with Crippen LogP contribution in [0.4, 0.5) is 0 Å². The Morgan fingerprint density at radius 3 is 2.45 bits per heavy atom. The summed E-state index contributed by atoms with van der Waals surface area (Å²) in [6.07, 6.45) is 0.497. The molecule has 1 aliphatic heterocycles. The molecule has 1 fully saturated rings. The highest BCUT2D eigenvalue weighted by Gasteiger charge is 2.32. The van der Waals surface area contributed by atoms with Crippen molar-refractivity contribution in [3.05, 3.63) is 35.4 Å². The third-order valence-corrected chi connectivity index (χ3v) is 4.06. The maximum atomic E-state index is 12.3. The fourth-order valence-electron chi connectivity index (χ4n) is 2.61. The zero-order valence-corrected chi connectivity index (χ0v) is 12.9. The lowest BCUT2D eigenvalue weighted by Crippen LogP contribution is -2.37. The summed E-state index contributed by atoms with van der Waals surface area (Å²) in [4.78, 5) is 12.3. The van der Waals surface area contributed by atoms with Crippen LogP contribution in [-0.2, 0) is 21.4 Å². The minimum Gasteiger partial charge on any atom is -0.379 e. The average Bonchev–Trinajstić information content (AvgIpc) is 2.86. The monoisotopic (exact) mass is 275 g/mol. The molecule has 0 aliphatic carbocycles. The van der Waals surface area contributed by atoms with Crippen LogP contribution in [0.3, 0.4) is 0 Å². The molecule has 3 heteroatoms. The molecule has 1 heterocycles. The largest absolute Gasteiger partial charge is 0.379 e. The molecule has 0 bridgehead atoms. The smallest absolute Gasteiger partial charge is 0.144 e. The van der Waals surface area contributed by atoms with Crippen LogP contribution in [-0.4, -0.2) is 32.1 Å². The number of hydrogen-bond acceptors (Lipinski definition) is 3. The summed E-state index contributed by atoms with van der Waals surface area (Å²) in [7, 11) is 1.89. The lowest BCUT2D eigenvalue weighted by Gasteiger charge is -2.19. The van der Waals surface area contributed by atoms with Gasteiger partial charge in [-0.3, -0.25) is 4.79 Å². The quantitative estimate of drug-likeness (QED) is 0.916. The van der Waals surface area contributed by atoms with Gasteiger partial charge in [-0.25, -0.2) is 0 Å². The fourth-order valence-corrected chi connectivity index (χ4v) is 2.61. The number of likely N-dealkylation sites (N-methyl/N-ethyl adjacent to an activating group) is 1. The van der Waals surface area contributed by atoms with Gasteiger partial charge in [0.15, 0.2) is 0 Å². The number of nitrogens with one attached hydrogen (secondary N) is 1. The van der Waals surface area contributed by atoms with E-state index in [1.807, 2.05) is 7.05 Å². The Morgan fingerprint density at radius 2 is 1.90 bits per heavy atom. The van der Waals surface area contributed by atoms with Crippen molar-refractivity contribution in [2.45, 2.75) is 38.6 Å². The molecule has 0 amide bonds. The minimum atomic E-state index is -0.0118. The summed E-state index contributed by atoms with van der Waals surface area (Å²) in [6.45, 7) is 7.77. The van der Waals surface area contributed by atoms with Crippen molar-refractivity contribution in [1.29, 1.82) is 0 Å². The van der Waals surface area contributed by atoms with Crippen molar-refractivity contribution in [3.8, 4) is 0 Å². The van der Waals surface area contributed by atoms with Gasteiger partial charge in [0.2, 0.25) is 0 Å². The molecular weight excluding hydrogens is 250 g/mol. The van der Waals surface area contributed by atoms with Crippen LogP contribution >= 0.6 is 0 Å². The van der Waals surface area contributed by atoms with Gasteiger partial charge in [0.05, 0.1) is 19.1 Å². The van der Waals surface area contributed by atoms with Crippen molar-refractivity contribution < 1.29 is 9.53 Å². The van der Waals surface area contributed by atoms with Gasteiger partial charge < -0.3 is 10.1 Å². The van der Waals surface area contributed by atoms with E-state index < -0.39 is 0 Å². The Hall–Kier alpha value is -1.19. The van der Waals surface area contributed by atoms with E-state index in [1.165, 1.54) is 5.56 Å². The van der Waals surface area contributed by atoms with Crippen LogP contribution in [0.5, 0.6) is 0 Å². The minimum absolute atomic E-state index is 0.0118. The van der Waals surface area contributed by atoms with E-state index in [9.17, 15) is 4.79 Å². The molecular formula is C17H25NO2. The summed E-state index contributed by atoms with van der Waals surface area (Å²) in [5.41, 5.74) is 2.54. The summed E-state index contributed by atoms with van der Waals surface area (Å²) in [5, 5.41) is 3.16. The van der Waals surface area contributed by atoms with Crippen molar-refractivity contribution in [3.63, 3.8) is 0 Å². The van der Waals surface area contributed by atoms with Gasteiger partial charge >= 0.3 is 0 Å².